The molecule has 0 radical (unpaired) electrons. The van der Waals surface area contributed by atoms with E-state index < -0.39 is 42.6 Å². The van der Waals surface area contributed by atoms with Crippen molar-refractivity contribution >= 4 is 62.7 Å². The summed E-state index contributed by atoms with van der Waals surface area (Å²) in [5.74, 6) is -1.96. The number of carboxylic acid groups (broad SMARTS) is 1. The molecule has 9 nitrogen and oxygen atoms in total. The van der Waals surface area contributed by atoms with E-state index in [-0.39, 0.29) is 5.88 Å². The van der Waals surface area contributed by atoms with Gasteiger partial charge in [0.25, 0.3) is 0 Å². The normalized spacial score (nSPS) is 18.2. The summed E-state index contributed by atoms with van der Waals surface area (Å²) in [6.07, 6.45) is -2.74. The average Bonchev–Trinajstić information content (AvgIpc) is 3.35. The van der Waals surface area contributed by atoms with Crippen LogP contribution in [0, 0.1) is 0 Å². The molecule has 5 N–H and O–H groups in total. The fourth-order valence-corrected chi connectivity index (χ4v) is 5.10. The minimum atomic E-state index is -1.81. The molecule has 0 aliphatic heterocycles. The van der Waals surface area contributed by atoms with Crippen LogP contribution in [0.3, 0.4) is 0 Å². The average molecular weight is 498 g/mol. The molecule has 3 atom stereocenters. The van der Waals surface area contributed by atoms with Gasteiger partial charge in [-0.3, -0.25) is 4.79 Å². The highest BCUT2D eigenvalue weighted by atomic mass is 35.5. The van der Waals surface area contributed by atoms with E-state index >= 15 is 0 Å². The van der Waals surface area contributed by atoms with Gasteiger partial charge in [-0.25, -0.2) is 9.59 Å². The molecule has 2 heterocycles. The molecular formula is C20H17Cl2N3O6S. The summed E-state index contributed by atoms with van der Waals surface area (Å²) in [4.78, 5) is 38.5. The number of fused-ring (bicyclic) bond motifs is 2. The number of ether oxygens (including phenoxy) is 1. The molecule has 0 saturated carbocycles. The van der Waals surface area contributed by atoms with Crippen LogP contribution in [0.25, 0.3) is 10.2 Å². The fourth-order valence-electron chi connectivity index (χ4n) is 3.63. The first kappa shape index (κ1) is 22.4. The van der Waals surface area contributed by atoms with Gasteiger partial charge in [0.15, 0.2) is 6.10 Å². The number of aliphatic hydroxyl groups is 1. The maximum Gasteiger partial charge on any atom is 0.414 e. The number of H-pyrrole nitrogens is 1. The highest BCUT2D eigenvalue weighted by Crippen LogP contribution is 2.40. The van der Waals surface area contributed by atoms with Crippen LogP contribution < -0.4 is 15.4 Å². The number of thiophene rings is 1. The van der Waals surface area contributed by atoms with E-state index in [1.165, 1.54) is 11.3 Å². The van der Waals surface area contributed by atoms with Crippen molar-refractivity contribution in [2.45, 2.75) is 31.0 Å². The zero-order chi connectivity index (χ0) is 23.0. The third-order valence-corrected chi connectivity index (χ3v) is 7.00. The van der Waals surface area contributed by atoms with E-state index in [4.69, 9.17) is 33.0 Å². The van der Waals surface area contributed by atoms with Gasteiger partial charge >= 0.3 is 12.1 Å². The molecule has 1 aromatic carbocycles. The summed E-state index contributed by atoms with van der Waals surface area (Å²) >= 11 is 13.3. The SMILES string of the molecule is O=C(C[C@@H](O)C(=O)O)N[C@@H]1c2ccccc2C[C@H]1NC(=O)Oc1cc2sc(Cl)c(Cl)c2[nH]1. The predicted molar refractivity (Wildman–Crippen MR) is 118 cm³/mol. The van der Waals surface area contributed by atoms with Gasteiger partial charge in [-0.15, -0.1) is 11.3 Å². The Morgan fingerprint density at radius 2 is 2.00 bits per heavy atom. The van der Waals surface area contributed by atoms with E-state index in [1.54, 1.807) is 12.1 Å². The molecular weight excluding hydrogens is 481 g/mol. The lowest BCUT2D eigenvalue weighted by Crippen LogP contribution is -2.46. The minimum absolute atomic E-state index is 0.183. The number of benzene rings is 1. The van der Waals surface area contributed by atoms with Gasteiger partial charge in [0.2, 0.25) is 11.8 Å². The van der Waals surface area contributed by atoms with Crippen molar-refractivity contribution < 1.29 is 29.3 Å². The summed E-state index contributed by atoms with van der Waals surface area (Å²) in [5.41, 5.74) is 2.28. The highest BCUT2D eigenvalue weighted by molar-refractivity contribution is 7.23. The Kier molecular flexibility index (Phi) is 6.29. The van der Waals surface area contributed by atoms with E-state index in [2.05, 4.69) is 15.6 Å². The molecule has 2 aromatic heterocycles. The number of amides is 2. The van der Waals surface area contributed by atoms with Crippen molar-refractivity contribution in [2.75, 3.05) is 0 Å². The number of nitrogens with one attached hydrogen (secondary N) is 3. The molecule has 1 aliphatic carbocycles. The lowest BCUT2D eigenvalue weighted by atomic mass is 10.1. The number of carbonyl (C=O) groups is 3. The van der Waals surface area contributed by atoms with E-state index in [0.717, 1.165) is 15.8 Å². The Hall–Kier alpha value is -2.79. The third-order valence-electron chi connectivity index (χ3n) is 5.07. The van der Waals surface area contributed by atoms with Gasteiger partial charge in [-0.2, -0.15) is 0 Å². The van der Waals surface area contributed by atoms with E-state index in [9.17, 15) is 19.5 Å². The van der Waals surface area contributed by atoms with Crippen LogP contribution in [0.15, 0.2) is 30.3 Å². The van der Waals surface area contributed by atoms with Crippen molar-refractivity contribution in [3.05, 3.63) is 50.8 Å². The van der Waals surface area contributed by atoms with Crippen LogP contribution in [0.5, 0.6) is 5.88 Å². The first-order valence-corrected chi connectivity index (χ1v) is 11.0. The number of carboxylic acids is 1. The number of aromatic amines is 1. The van der Waals surface area contributed by atoms with Crippen LogP contribution in [0.2, 0.25) is 9.36 Å². The van der Waals surface area contributed by atoms with Gasteiger partial charge in [0.1, 0.15) is 4.34 Å². The van der Waals surface area contributed by atoms with E-state index in [1.807, 2.05) is 18.2 Å². The Labute approximate surface area is 195 Å². The number of hydrogen-bond donors (Lipinski definition) is 5. The Bertz CT molecular complexity index is 1210. The van der Waals surface area contributed by atoms with Crippen LogP contribution >= 0.6 is 34.5 Å². The lowest BCUT2D eigenvalue weighted by Gasteiger charge is -2.23. The number of aliphatic carboxylic acids is 1. The van der Waals surface area contributed by atoms with Crippen molar-refractivity contribution in [2.24, 2.45) is 0 Å². The van der Waals surface area contributed by atoms with Crippen LogP contribution in [0.1, 0.15) is 23.6 Å². The van der Waals surface area contributed by atoms with Gasteiger partial charge in [-0.05, 0) is 17.5 Å². The molecule has 0 saturated heterocycles. The zero-order valence-electron chi connectivity index (χ0n) is 16.2. The molecule has 4 rings (SSSR count). The van der Waals surface area contributed by atoms with Gasteiger partial charge < -0.3 is 30.6 Å². The van der Waals surface area contributed by atoms with Gasteiger partial charge in [-0.1, -0.05) is 47.5 Å². The third kappa shape index (κ3) is 4.53. The zero-order valence-corrected chi connectivity index (χ0v) is 18.6. The number of carbonyl (C=O) groups excluding carboxylic acids is 2. The molecule has 0 unspecified atom stereocenters. The smallest absolute Gasteiger partial charge is 0.414 e. The summed E-state index contributed by atoms with van der Waals surface area (Å²) in [5, 5.41) is 24.0. The molecule has 12 heteroatoms. The molecule has 3 aromatic rings. The van der Waals surface area contributed by atoms with Crippen LogP contribution in [-0.4, -0.2) is 45.3 Å². The Balaban J connectivity index is 1.46. The summed E-state index contributed by atoms with van der Waals surface area (Å²) in [7, 11) is 0. The lowest BCUT2D eigenvalue weighted by molar-refractivity contribution is -0.149. The van der Waals surface area contributed by atoms with E-state index in [0.29, 0.717) is 21.3 Å². The fraction of sp³-hybridized carbons (Fsp3) is 0.250. The van der Waals surface area contributed by atoms with Crippen LogP contribution in [-0.2, 0) is 16.0 Å². The second-order valence-electron chi connectivity index (χ2n) is 7.21. The monoisotopic (exact) mass is 497 g/mol. The first-order valence-electron chi connectivity index (χ1n) is 9.45. The molecule has 0 spiro atoms. The quantitative estimate of drug-likeness (QED) is 0.354. The number of aliphatic hydroxyl groups excluding tert-OH is 1. The molecule has 168 valence electrons. The standard InChI is InChI=1S/C20H17Cl2N3O6S/c21-15-17-12(32-18(15)22)7-14(25-17)31-20(30)23-10-5-8-3-1-2-4-9(8)16(10)24-13(27)6-11(26)19(28)29/h1-4,7,10-11,16,25-26H,5-6H2,(H,23,30)(H,24,27)(H,28,29)/t10-,11-,16-/m1/s1. The molecule has 1 aliphatic rings. The summed E-state index contributed by atoms with van der Waals surface area (Å²) in [6.45, 7) is 0. The number of hydrogen-bond acceptors (Lipinski definition) is 6. The van der Waals surface area contributed by atoms with Crippen molar-refractivity contribution in [1.82, 2.24) is 15.6 Å². The Morgan fingerprint density at radius 3 is 2.72 bits per heavy atom. The summed E-state index contributed by atoms with van der Waals surface area (Å²) in [6, 6.07) is 7.77. The van der Waals surface area contributed by atoms with Crippen molar-refractivity contribution in [1.29, 1.82) is 0 Å². The Morgan fingerprint density at radius 1 is 1.25 bits per heavy atom. The maximum absolute atomic E-state index is 12.5. The second-order valence-corrected chi connectivity index (χ2v) is 9.24. The van der Waals surface area contributed by atoms with Gasteiger partial charge in [0.05, 0.1) is 33.7 Å². The highest BCUT2D eigenvalue weighted by Gasteiger charge is 2.35. The van der Waals surface area contributed by atoms with Crippen LogP contribution in [0.4, 0.5) is 4.79 Å². The van der Waals surface area contributed by atoms with Gasteiger partial charge in [0, 0.05) is 6.07 Å². The minimum Gasteiger partial charge on any atom is -0.479 e. The largest absolute Gasteiger partial charge is 0.479 e. The van der Waals surface area contributed by atoms with Crippen molar-refractivity contribution in [3.63, 3.8) is 0 Å². The number of rotatable bonds is 6. The predicted octanol–water partition coefficient (Wildman–Crippen LogP) is 3.24. The second kappa shape index (κ2) is 8.99. The molecule has 2 amide bonds. The first-order chi connectivity index (χ1) is 15.2. The molecule has 0 bridgehead atoms. The number of halogens is 2. The van der Waals surface area contributed by atoms with Crippen molar-refractivity contribution in [3.8, 4) is 5.88 Å². The topological polar surface area (TPSA) is 141 Å². The summed E-state index contributed by atoms with van der Waals surface area (Å²) < 4.78 is 6.50. The molecule has 32 heavy (non-hydrogen) atoms. The number of aromatic nitrogens is 1. The maximum atomic E-state index is 12.5. The molecule has 0 fully saturated rings.